The van der Waals surface area contributed by atoms with E-state index in [9.17, 15) is 4.79 Å². The molecule has 64 valence electrons. The Bertz CT molecular complexity index is 154. The van der Waals surface area contributed by atoms with Crippen LogP contribution in [0.3, 0.4) is 0 Å². The van der Waals surface area contributed by atoms with E-state index in [0.717, 1.165) is 0 Å². The third kappa shape index (κ3) is 2.36. The quantitative estimate of drug-likeness (QED) is 0.553. The van der Waals surface area contributed by atoms with Gasteiger partial charge in [0.05, 0.1) is 13.2 Å². The van der Waals surface area contributed by atoms with Gasteiger partial charge in [-0.1, -0.05) is 0 Å². The molecule has 1 aliphatic heterocycles. The second-order valence-electron chi connectivity index (χ2n) is 2.44. The van der Waals surface area contributed by atoms with E-state index in [2.05, 4.69) is 12.6 Å². The summed E-state index contributed by atoms with van der Waals surface area (Å²) in [5.74, 6) is -0.0262. The third-order valence-electron chi connectivity index (χ3n) is 1.44. The molecule has 1 saturated heterocycles. The SMILES string of the molecule is NCCN1OCC(S)CC1=O. The van der Waals surface area contributed by atoms with Crippen molar-refractivity contribution in [2.24, 2.45) is 5.73 Å². The molecule has 0 saturated carbocycles. The van der Waals surface area contributed by atoms with Crippen LogP contribution in [0.15, 0.2) is 0 Å². The Hall–Kier alpha value is -0.260. The van der Waals surface area contributed by atoms with Gasteiger partial charge in [0, 0.05) is 18.2 Å². The van der Waals surface area contributed by atoms with Crippen molar-refractivity contribution in [1.82, 2.24) is 5.06 Å². The van der Waals surface area contributed by atoms with Gasteiger partial charge in [0.2, 0.25) is 5.91 Å². The molecule has 0 bridgehead atoms. The Morgan fingerprint density at radius 3 is 3.09 bits per heavy atom. The standard InChI is InChI=1S/C6H12N2O2S/c7-1-2-8-6(9)3-5(11)4-10-8/h5,11H,1-4,7H2. The van der Waals surface area contributed by atoms with Gasteiger partial charge in [0.1, 0.15) is 0 Å². The molecule has 1 amide bonds. The Morgan fingerprint density at radius 1 is 1.82 bits per heavy atom. The minimum absolute atomic E-state index is 0.0262. The van der Waals surface area contributed by atoms with Crippen molar-refractivity contribution in [1.29, 1.82) is 0 Å². The van der Waals surface area contributed by atoms with Gasteiger partial charge in [0.25, 0.3) is 0 Å². The van der Waals surface area contributed by atoms with Crippen LogP contribution in [0.2, 0.25) is 0 Å². The van der Waals surface area contributed by atoms with Crippen molar-refractivity contribution in [2.45, 2.75) is 11.7 Å². The average Bonchev–Trinajstić information content (AvgIpc) is 1.95. The molecule has 1 aliphatic rings. The van der Waals surface area contributed by atoms with Gasteiger partial charge < -0.3 is 5.73 Å². The van der Waals surface area contributed by atoms with Gasteiger partial charge in [-0.05, 0) is 0 Å². The highest BCUT2D eigenvalue weighted by Gasteiger charge is 2.23. The van der Waals surface area contributed by atoms with Crippen molar-refractivity contribution >= 4 is 18.5 Å². The molecule has 0 aromatic rings. The summed E-state index contributed by atoms with van der Waals surface area (Å²) >= 11 is 4.13. The average molecular weight is 176 g/mol. The lowest BCUT2D eigenvalue weighted by Crippen LogP contribution is -2.42. The van der Waals surface area contributed by atoms with Crippen molar-refractivity contribution < 1.29 is 9.63 Å². The van der Waals surface area contributed by atoms with E-state index in [1.165, 1.54) is 5.06 Å². The maximum atomic E-state index is 11.1. The van der Waals surface area contributed by atoms with Crippen LogP contribution < -0.4 is 5.73 Å². The van der Waals surface area contributed by atoms with E-state index in [1.54, 1.807) is 0 Å². The number of carbonyl (C=O) groups excluding carboxylic acids is 1. The van der Waals surface area contributed by atoms with Gasteiger partial charge in [0.15, 0.2) is 0 Å². The Balaban J connectivity index is 2.38. The summed E-state index contributed by atoms with van der Waals surface area (Å²) in [6.45, 7) is 1.40. The molecule has 1 atom stereocenters. The smallest absolute Gasteiger partial charge is 0.247 e. The van der Waals surface area contributed by atoms with Crippen molar-refractivity contribution in [2.75, 3.05) is 19.7 Å². The van der Waals surface area contributed by atoms with Crippen molar-refractivity contribution in [3.05, 3.63) is 0 Å². The summed E-state index contributed by atoms with van der Waals surface area (Å²) in [4.78, 5) is 16.2. The maximum Gasteiger partial charge on any atom is 0.247 e. The number of nitrogens with zero attached hydrogens (tertiary/aromatic N) is 1. The highest BCUT2D eigenvalue weighted by atomic mass is 32.1. The first-order chi connectivity index (χ1) is 5.24. The van der Waals surface area contributed by atoms with E-state index in [1.807, 2.05) is 0 Å². The topological polar surface area (TPSA) is 55.6 Å². The normalized spacial score (nSPS) is 25.8. The van der Waals surface area contributed by atoms with E-state index in [0.29, 0.717) is 26.1 Å². The molecule has 1 rings (SSSR count). The first-order valence-electron chi connectivity index (χ1n) is 3.55. The summed E-state index contributed by atoms with van der Waals surface area (Å²) in [6, 6.07) is 0. The van der Waals surface area contributed by atoms with Crippen molar-refractivity contribution in [3.63, 3.8) is 0 Å². The zero-order valence-corrected chi connectivity index (χ0v) is 7.09. The fourth-order valence-electron chi connectivity index (χ4n) is 0.917. The molecule has 0 aromatic heterocycles. The van der Waals surface area contributed by atoms with Crippen LogP contribution in [-0.2, 0) is 9.63 Å². The Kier molecular flexibility index (Phi) is 3.16. The monoisotopic (exact) mass is 176 g/mol. The van der Waals surface area contributed by atoms with Crippen LogP contribution in [-0.4, -0.2) is 35.9 Å². The summed E-state index contributed by atoms with van der Waals surface area (Å²) in [5.41, 5.74) is 5.26. The molecule has 0 aromatic carbocycles. The zero-order valence-electron chi connectivity index (χ0n) is 6.19. The predicted molar refractivity (Wildman–Crippen MR) is 44.1 cm³/mol. The van der Waals surface area contributed by atoms with Crippen LogP contribution in [0.5, 0.6) is 0 Å². The van der Waals surface area contributed by atoms with Gasteiger partial charge >= 0.3 is 0 Å². The molecular weight excluding hydrogens is 164 g/mol. The zero-order chi connectivity index (χ0) is 8.27. The number of carbonyl (C=O) groups is 1. The summed E-state index contributed by atoms with van der Waals surface area (Å²) in [6.07, 6.45) is 0.448. The van der Waals surface area contributed by atoms with Crippen LogP contribution in [0, 0.1) is 0 Å². The molecule has 2 N–H and O–H groups in total. The lowest BCUT2D eigenvalue weighted by Gasteiger charge is -2.28. The van der Waals surface area contributed by atoms with Crippen LogP contribution in [0.25, 0.3) is 0 Å². The molecule has 0 aliphatic carbocycles. The lowest BCUT2D eigenvalue weighted by molar-refractivity contribution is -0.195. The largest absolute Gasteiger partial charge is 0.329 e. The molecule has 1 unspecified atom stereocenters. The number of nitrogens with two attached hydrogens (primary N) is 1. The highest BCUT2D eigenvalue weighted by Crippen LogP contribution is 2.12. The van der Waals surface area contributed by atoms with Gasteiger partial charge in [-0.15, -0.1) is 0 Å². The number of hydroxylamine groups is 2. The number of hydrogen-bond donors (Lipinski definition) is 2. The van der Waals surface area contributed by atoms with Crippen LogP contribution in [0.4, 0.5) is 0 Å². The molecule has 0 radical (unpaired) electrons. The van der Waals surface area contributed by atoms with Crippen LogP contribution >= 0.6 is 12.6 Å². The first-order valence-corrected chi connectivity index (χ1v) is 4.07. The number of thiol groups is 1. The summed E-state index contributed by atoms with van der Waals surface area (Å²) in [5, 5.41) is 1.35. The minimum atomic E-state index is -0.0262. The summed E-state index contributed by atoms with van der Waals surface area (Å²) < 4.78 is 0. The minimum Gasteiger partial charge on any atom is -0.329 e. The van der Waals surface area contributed by atoms with E-state index in [-0.39, 0.29) is 11.2 Å². The molecule has 4 nitrogen and oxygen atoms in total. The number of rotatable bonds is 2. The molecule has 5 heteroatoms. The molecular formula is C6H12N2O2S. The van der Waals surface area contributed by atoms with E-state index in [4.69, 9.17) is 10.6 Å². The summed E-state index contributed by atoms with van der Waals surface area (Å²) in [7, 11) is 0. The lowest BCUT2D eigenvalue weighted by atomic mass is 10.3. The van der Waals surface area contributed by atoms with Gasteiger partial charge in [-0.2, -0.15) is 12.6 Å². The number of amides is 1. The highest BCUT2D eigenvalue weighted by molar-refractivity contribution is 7.81. The molecule has 0 spiro atoms. The van der Waals surface area contributed by atoms with Crippen molar-refractivity contribution in [3.8, 4) is 0 Å². The number of hydrogen-bond acceptors (Lipinski definition) is 4. The Morgan fingerprint density at radius 2 is 2.55 bits per heavy atom. The molecule has 1 heterocycles. The first kappa shape index (κ1) is 8.83. The molecule has 1 fully saturated rings. The van der Waals surface area contributed by atoms with Gasteiger partial charge in [-0.3, -0.25) is 9.63 Å². The fourth-order valence-corrected chi connectivity index (χ4v) is 1.14. The third-order valence-corrected chi connectivity index (χ3v) is 1.78. The fraction of sp³-hybridized carbons (Fsp3) is 0.833. The maximum absolute atomic E-state index is 11.1. The Labute approximate surface area is 71.0 Å². The van der Waals surface area contributed by atoms with Crippen LogP contribution in [0.1, 0.15) is 6.42 Å². The second kappa shape index (κ2) is 3.94. The van der Waals surface area contributed by atoms with E-state index < -0.39 is 0 Å². The second-order valence-corrected chi connectivity index (χ2v) is 3.17. The van der Waals surface area contributed by atoms with E-state index >= 15 is 0 Å². The predicted octanol–water partition coefficient (Wildman–Crippen LogP) is -0.593. The molecule has 11 heavy (non-hydrogen) atoms. The van der Waals surface area contributed by atoms with Gasteiger partial charge in [-0.25, -0.2) is 5.06 Å².